The predicted octanol–water partition coefficient (Wildman–Crippen LogP) is 2.70. The first-order valence-electron chi connectivity index (χ1n) is 6.15. The molecule has 0 aliphatic carbocycles. The molecule has 0 saturated heterocycles. The molecule has 0 atom stereocenters. The van der Waals surface area contributed by atoms with E-state index < -0.39 is 9.84 Å². The molecule has 108 valence electrons. The van der Waals surface area contributed by atoms with Gasteiger partial charge in [-0.2, -0.15) is 0 Å². The van der Waals surface area contributed by atoms with Crippen LogP contribution in [0.5, 0.6) is 0 Å². The SMILES string of the molecule is CS(=O)(=O)c1ccc(Sc2nc3ccc(N)cc3[nH]2)cc1. The van der Waals surface area contributed by atoms with Gasteiger partial charge in [0.15, 0.2) is 15.0 Å². The fraction of sp³-hybridized carbons (Fsp3) is 0.0714. The van der Waals surface area contributed by atoms with E-state index in [2.05, 4.69) is 9.97 Å². The Balaban J connectivity index is 1.88. The molecular formula is C14H13N3O2S2. The average molecular weight is 319 g/mol. The summed E-state index contributed by atoms with van der Waals surface area (Å²) in [6, 6.07) is 12.2. The van der Waals surface area contributed by atoms with Gasteiger partial charge in [0.2, 0.25) is 0 Å². The topological polar surface area (TPSA) is 88.8 Å². The zero-order valence-corrected chi connectivity index (χ0v) is 12.8. The minimum atomic E-state index is -3.16. The van der Waals surface area contributed by atoms with Crippen LogP contribution in [0.25, 0.3) is 11.0 Å². The molecule has 0 bridgehead atoms. The molecule has 0 unspecified atom stereocenters. The number of imidazole rings is 1. The third kappa shape index (κ3) is 3.03. The van der Waals surface area contributed by atoms with E-state index in [1.807, 2.05) is 12.1 Å². The lowest BCUT2D eigenvalue weighted by atomic mass is 10.3. The summed E-state index contributed by atoms with van der Waals surface area (Å²) in [6.45, 7) is 0. The number of fused-ring (bicyclic) bond motifs is 1. The zero-order valence-electron chi connectivity index (χ0n) is 11.2. The summed E-state index contributed by atoms with van der Waals surface area (Å²) in [5.74, 6) is 0. The second-order valence-electron chi connectivity index (χ2n) is 4.66. The van der Waals surface area contributed by atoms with Crippen molar-refractivity contribution in [3.8, 4) is 0 Å². The molecule has 0 fully saturated rings. The molecule has 1 aromatic heterocycles. The minimum absolute atomic E-state index is 0.309. The van der Waals surface area contributed by atoms with Gasteiger partial charge in [0.05, 0.1) is 15.9 Å². The highest BCUT2D eigenvalue weighted by Gasteiger charge is 2.08. The molecule has 7 heteroatoms. The first-order valence-corrected chi connectivity index (χ1v) is 8.86. The van der Waals surface area contributed by atoms with Gasteiger partial charge in [0.25, 0.3) is 0 Å². The fourth-order valence-corrected chi connectivity index (χ4v) is 3.35. The molecule has 0 radical (unpaired) electrons. The summed E-state index contributed by atoms with van der Waals surface area (Å²) in [7, 11) is -3.16. The van der Waals surface area contributed by atoms with Crippen LogP contribution in [-0.4, -0.2) is 24.6 Å². The van der Waals surface area contributed by atoms with Gasteiger partial charge in [-0.25, -0.2) is 13.4 Å². The number of nitrogens with two attached hydrogens (primary N) is 1. The van der Waals surface area contributed by atoms with Crippen molar-refractivity contribution in [3.05, 3.63) is 42.5 Å². The van der Waals surface area contributed by atoms with Crippen LogP contribution < -0.4 is 5.73 Å². The van der Waals surface area contributed by atoms with Crippen LogP contribution >= 0.6 is 11.8 Å². The van der Waals surface area contributed by atoms with Gasteiger partial charge in [0.1, 0.15) is 0 Å². The third-order valence-corrected chi connectivity index (χ3v) is 4.97. The molecule has 0 saturated carbocycles. The van der Waals surface area contributed by atoms with Gasteiger partial charge in [0, 0.05) is 16.8 Å². The predicted molar refractivity (Wildman–Crippen MR) is 84.2 cm³/mol. The van der Waals surface area contributed by atoms with E-state index in [4.69, 9.17) is 5.73 Å². The highest BCUT2D eigenvalue weighted by atomic mass is 32.2. The second-order valence-corrected chi connectivity index (χ2v) is 7.74. The van der Waals surface area contributed by atoms with E-state index in [9.17, 15) is 8.42 Å². The van der Waals surface area contributed by atoms with Crippen LogP contribution in [-0.2, 0) is 9.84 Å². The van der Waals surface area contributed by atoms with Crippen molar-refractivity contribution in [1.82, 2.24) is 9.97 Å². The lowest BCUT2D eigenvalue weighted by molar-refractivity contribution is 0.602. The van der Waals surface area contributed by atoms with Crippen molar-refractivity contribution in [1.29, 1.82) is 0 Å². The van der Waals surface area contributed by atoms with E-state index in [1.165, 1.54) is 18.0 Å². The van der Waals surface area contributed by atoms with E-state index in [-0.39, 0.29) is 0 Å². The van der Waals surface area contributed by atoms with Crippen molar-refractivity contribution in [2.75, 3.05) is 12.0 Å². The number of sulfone groups is 1. The molecule has 3 rings (SSSR count). The average Bonchev–Trinajstić information content (AvgIpc) is 2.79. The van der Waals surface area contributed by atoms with Crippen molar-refractivity contribution in [2.24, 2.45) is 0 Å². The molecule has 0 aliphatic heterocycles. The van der Waals surface area contributed by atoms with Gasteiger partial charge < -0.3 is 10.7 Å². The van der Waals surface area contributed by atoms with Gasteiger partial charge in [-0.3, -0.25) is 0 Å². The van der Waals surface area contributed by atoms with E-state index >= 15 is 0 Å². The second kappa shape index (κ2) is 5.09. The van der Waals surface area contributed by atoms with Crippen LogP contribution in [0.15, 0.2) is 57.4 Å². The Kier molecular flexibility index (Phi) is 3.38. The Morgan fingerprint density at radius 2 is 1.86 bits per heavy atom. The molecule has 0 spiro atoms. The highest BCUT2D eigenvalue weighted by molar-refractivity contribution is 7.99. The van der Waals surface area contributed by atoms with Crippen LogP contribution in [0.3, 0.4) is 0 Å². The number of aromatic nitrogens is 2. The molecule has 3 aromatic rings. The molecule has 3 N–H and O–H groups in total. The summed E-state index contributed by atoms with van der Waals surface area (Å²) >= 11 is 1.44. The maximum atomic E-state index is 11.4. The normalized spacial score (nSPS) is 11.9. The first kappa shape index (κ1) is 14.0. The van der Waals surface area contributed by atoms with Gasteiger partial charge >= 0.3 is 0 Å². The maximum absolute atomic E-state index is 11.4. The first-order chi connectivity index (χ1) is 9.91. The maximum Gasteiger partial charge on any atom is 0.175 e. The van der Waals surface area contributed by atoms with E-state index in [1.54, 1.807) is 30.3 Å². The van der Waals surface area contributed by atoms with Gasteiger partial charge in [-0.15, -0.1) is 0 Å². The Bertz CT molecular complexity index is 900. The Morgan fingerprint density at radius 1 is 1.14 bits per heavy atom. The van der Waals surface area contributed by atoms with E-state index in [0.717, 1.165) is 21.1 Å². The smallest absolute Gasteiger partial charge is 0.175 e. The van der Waals surface area contributed by atoms with Crippen molar-refractivity contribution < 1.29 is 8.42 Å². The lowest BCUT2D eigenvalue weighted by Gasteiger charge is -2.00. The molecule has 21 heavy (non-hydrogen) atoms. The van der Waals surface area contributed by atoms with Crippen LogP contribution in [0.4, 0.5) is 5.69 Å². The number of hydrogen-bond donors (Lipinski definition) is 2. The number of rotatable bonds is 3. The van der Waals surface area contributed by atoms with Crippen molar-refractivity contribution in [3.63, 3.8) is 0 Å². The number of nitrogens with zero attached hydrogens (tertiary/aromatic N) is 1. The molecule has 1 heterocycles. The molecule has 0 amide bonds. The molecule has 2 aromatic carbocycles. The Labute approximate surface area is 126 Å². The van der Waals surface area contributed by atoms with Crippen LogP contribution in [0, 0.1) is 0 Å². The number of H-pyrrole nitrogens is 1. The largest absolute Gasteiger partial charge is 0.399 e. The zero-order chi connectivity index (χ0) is 15.0. The number of anilines is 1. The number of hydrogen-bond acceptors (Lipinski definition) is 5. The summed E-state index contributed by atoms with van der Waals surface area (Å²) < 4.78 is 22.8. The summed E-state index contributed by atoms with van der Waals surface area (Å²) in [5, 5.41) is 0.739. The number of benzene rings is 2. The van der Waals surface area contributed by atoms with Crippen LogP contribution in [0.1, 0.15) is 0 Å². The number of aromatic amines is 1. The Morgan fingerprint density at radius 3 is 2.52 bits per heavy atom. The molecule has 0 aliphatic rings. The minimum Gasteiger partial charge on any atom is -0.399 e. The van der Waals surface area contributed by atoms with Crippen LogP contribution in [0.2, 0.25) is 0 Å². The van der Waals surface area contributed by atoms with E-state index in [0.29, 0.717) is 10.6 Å². The number of nitrogen functional groups attached to an aromatic ring is 1. The highest BCUT2D eigenvalue weighted by Crippen LogP contribution is 2.28. The molecule has 5 nitrogen and oxygen atoms in total. The molecular weight excluding hydrogens is 306 g/mol. The monoisotopic (exact) mass is 319 g/mol. The Hall–Kier alpha value is -1.99. The number of nitrogens with one attached hydrogen (secondary N) is 1. The summed E-state index contributed by atoms with van der Waals surface area (Å²) in [5.41, 5.74) is 8.14. The standard InChI is InChI=1S/C14H13N3O2S2/c1-21(18,19)11-5-3-10(4-6-11)20-14-16-12-7-2-9(15)8-13(12)17-14/h2-8H,15H2,1H3,(H,16,17). The van der Waals surface area contributed by atoms with Gasteiger partial charge in [-0.1, -0.05) is 11.8 Å². The summed E-state index contributed by atoms with van der Waals surface area (Å²) in [6.07, 6.45) is 1.19. The third-order valence-electron chi connectivity index (χ3n) is 2.95. The van der Waals surface area contributed by atoms with Gasteiger partial charge in [-0.05, 0) is 42.5 Å². The quantitative estimate of drug-likeness (QED) is 0.725. The summed E-state index contributed by atoms with van der Waals surface area (Å²) in [4.78, 5) is 8.86. The van der Waals surface area contributed by atoms with Crippen molar-refractivity contribution >= 4 is 38.3 Å². The fourth-order valence-electron chi connectivity index (χ4n) is 1.92. The van der Waals surface area contributed by atoms with Crippen molar-refractivity contribution in [2.45, 2.75) is 14.9 Å². The lowest BCUT2D eigenvalue weighted by Crippen LogP contribution is -1.95.